The standard InChI is InChI=1S/C14H14N6O/c15-12-11-14(17-8-10(18-11)16-6-7-21)20-13(19-12)9-4-2-1-3-5-9/h1-5,8,21H,6-7H2,(H,16,18)(H2,15,17,19,20). The van der Waals surface area contributed by atoms with Crippen molar-refractivity contribution in [2.75, 3.05) is 24.2 Å². The first-order valence-electron chi connectivity index (χ1n) is 6.48. The number of benzene rings is 1. The number of fused-ring (bicyclic) bond motifs is 1. The van der Waals surface area contributed by atoms with E-state index in [1.54, 1.807) is 6.20 Å². The van der Waals surface area contributed by atoms with Crippen molar-refractivity contribution in [2.24, 2.45) is 0 Å². The first-order valence-corrected chi connectivity index (χ1v) is 6.48. The predicted octanol–water partition coefficient (Wildman–Crippen LogP) is 1.07. The van der Waals surface area contributed by atoms with Crippen LogP contribution in [0.3, 0.4) is 0 Å². The lowest BCUT2D eigenvalue weighted by atomic mass is 10.2. The van der Waals surface area contributed by atoms with Gasteiger partial charge in [-0.25, -0.2) is 19.9 Å². The summed E-state index contributed by atoms with van der Waals surface area (Å²) in [5, 5.41) is 11.7. The molecule has 0 aliphatic heterocycles. The third kappa shape index (κ3) is 2.72. The molecule has 7 nitrogen and oxygen atoms in total. The molecule has 0 unspecified atom stereocenters. The van der Waals surface area contributed by atoms with Crippen LogP contribution in [0.5, 0.6) is 0 Å². The molecule has 3 rings (SSSR count). The minimum Gasteiger partial charge on any atom is -0.395 e. The molecule has 3 aromatic rings. The smallest absolute Gasteiger partial charge is 0.184 e. The zero-order valence-corrected chi connectivity index (χ0v) is 11.2. The summed E-state index contributed by atoms with van der Waals surface area (Å²) in [6, 6.07) is 9.56. The lowest BCUT2D eigenvalue weighted by molar-refractivity contribution is 0.311. The second-order valence-electron chi connectivity index (χ2n) is 4.38. The van der Waals surface area contributed by atoms with E-state index >= 15 is 0 Å². The van der Waals surface area contributed by atoms with E-state index in [0.29, 0.717) is 29.4 Å². The van der Waals surface area contributed by atoms with Gasteiger partial charge in [0.2, 0.25) is 0 Å². The number of aliphatic hydroxyl groups excluding tert-OH is 1. The maximum absolute atomic E-state index is 8.80. The zero-order chi connectivity index (χ0) is 14.7. The largest absolute Gasteiger partial charge is 0.395 e. The van der Waals surface area contributed by atoms with Crippen molar-refractivity contribution >= 4 is 22.8 Å². The third-order valence-corrected chi connectivity index (χ3v) is 2.88. The van der Waals surface area contributed by atoms with E-state index in [-0.39, 0.29) is 12.4 Å². The average molecular weight is 282 g/mol. The van der Waals surface area contributed by atoms with E-state index in [0.717, 1.165) is 5.56 Å². The van der Waals surface area contributed by atoms with Gasteiger partial charge in [-0.1, -0.05) is 30.3 Å². The summed E-state index contributed by atoms with van der Waals surface area (Å²) in [6.07, 6.45) is 1.55. The second-order valence-corrected chi connectivity index (χ2v) is 4.38. The molecule has 2 aromatic heterocycles. The Bertz CT molecular complexity index is 762. The van der Waals surface area contributed by atoms with Crippen LogP contribution < -0.4 is 11.1 Å². The zero-order valence-electron chi connectivity index (χ0n) is 11.2. The summed E-state index contributed by atoms with van der Waals surface area (Å²) in [5.41, 5.74) is 7.71. The van der Waals surface area contributed by atoms with E-state index in [9.17, 15) is 0 Å². The highest BCUT2D eigenvalue weighted by Crippen LogP contribution is 2.21. The lowest BCUT2D eigenvalue weighted by Gasteiger charge is -2.07. The summed E-state index contributed by atoms with van der Waals surface area (Å²) < 4.78 is 0. The number of hydrogen-bond acceptors (Lipinski definition) is 7. The highest BCUT2D eigenvalue weighted by Gasteiger charge is 2.10. The molecule has 0 amide bonds. The van der Waals surface area contributed by atoms with Crippen molar-refractivity contribution in [2.45, 2.75) is 0 Å². The van der Waals surface area contributed by atoms with Gasteiger partial charge in [-0.05, 0) is 0 Å². The van der Waals surface area contributed by atoms with Crippen molar-refractivity contribution in [3.05, 3.63) is 36.5 Å². The van der Waals surface area contributed by atoms with Gasteiger partial charge >= 0.3 is 0 Å². The first-order chi connectivity index (χ1) is 10.3. The molecule has 0 bridgehead atoms. The van der Waals surface area contributed by atoms with Gasteiger partial charge in [0.25, 0.3) is 0 Å². The molecule has 0 saturated carbocycles. The van der Waals surface area contributed by atoms with Gasteiger partial charge in [0.1, 0.15) is 5.82 Å². The number of nitrogen functional groups attached to an aromatic ring is 1. The van der Waals surface area contributed by atoms with E-state index in [1.165, 1.54) is 0 Å². The molecule has 1 aromatic carbocycles. The molecular formula is C14H14N6O. The number of nitrogens with zero attached hydrogens (tertiary/aromatic N) is 4. The van der Waals surface area contributed by atoms with E-state index < -0.39 is 0 Å². The molecule has 2 heterocycles. The van der Waals surface area contributed by atoms with Gasteiger partial charge in [-0.15, -0.1) is 0 Å². The monoisotopic (exact) mass is 282 g/mol. The molecule has 21 heavy (non-hydrogen) atoms. The van der Waals surface area contributed by atoms with Crippen LogP contribution in [0.4, 0.5) is 11.6 Å². The van der Waals surface area contributed by atoms with E-state index in [1.807, 2.05) is 30.3 Å². The van der Waals surface area contributed by atoms with E-state index in [2.05, 4.69) is 25.3 Å². The SMILES string of the molecule is Nc1nc(-c2ccccc2)nc2ncc(NCCO)nc12. The Morgan fingerprint density at radius 3 is 2.67 bits per heavy atom. The summed E-state index contributed by atoms with van der Waals surface area (Å²) in [7, 11) is 0. The summed E-state index contributed by atoms with van der Waals surface area (Å²) in [6.45, 7) is 0.404. The Morgan fingerprint density at radius 1 is 1.10 bits per heavy atom. The van der Waals surface area contributed by atoms with Crippen LogP contribution >= 0.6 is 0 Å². The van der Waals surface area contributed by atoms with Crippen molar-refractivity contribution in [3.63, 3.8) is 0 Å². The highest BCUT2D eigenvalue weighted by molar-refractivity contribution is 5.83. The molecule has 0 aliphatic carbocycles. The fourth-order valence-corrected chi connectivity index (χ4v) is 1.91. The average Bonchev–Trinajstić information content (AvgIpc) is 2.54. The molecule has 0 saturated heterocycles. The van der Waals surface area contributed by atoms with Crippen LogP contribution in [0.25, 0.3) is 22.6 Å². The maximum Gasteiger partial charge on any atom is 0.184 e. The molecule has 0 aliphatic rings. The van der Waals surface area contributed by atoms with Crippen LogP contribution in [0.2, 0.25) is 0 Å². The Morgan fingerprint density at radius 2 is 1.90 bits per heavy atom. The molecular weight excluding hydrogens is 268 g/mol. The lowest BCUT2D eigenvalue weighted by Crippen LogP contribution is -2.08. The number of rotatable bonds is 4. The van der Waals surface area contributed by atoms with Gasteiger partial charge in [0.15, 0.2) is 22.8 Å². The quantitative estimate of drug-likeness (QED) is 0.656. The fraction of sp³-hybridized carbons (Fsp3) is 0.143. The molecule has 106 valence electrons. The fourth-order valence-electron chi connectivity index (χ4n) is 1.91. The van der Waals surface area contributed by atoms with Crippen molar-refractivity contribution < 1.29 is 5.11 Å². The number of aromatic nitrogens is 4. The molecule has 0 radical (unpaired) electrons. The molecule has 7 heteroatoms. The molecule has 0 spiro atoms. The normalized spacial score (nSPS) is 10.7. The summed E-state index contributed by atoms with van der Waals surface area (Å²) in [4.78, 5) is 17.2. The van der Waals surface area contributed by atoms with Gasteiger partial charge in [0.05, 0.1) is 12.8 Å². The Labute approximate surface area is 120 Å². The van der Waals surface area contributed by atoms with Crippen LogP contribution in [0.1, 0.15) is 0 Å². The Kier molecular flexibility index (Phi) is 3.57. The molecule has 4 N–H and O–H groups in total. The van der Waals surface area contributed by atoms with Crippen molar-refractivity contribution in [1.82, 2.24) is 19.9 Å². The molecule has 0 fully saturated rings. The number of anilines is 2. The minimum atomic E-state index is 0.0125. The summed E-state index contributed by atoms with van der Waals surface area (Å²) in [5.74, 6) is 1.32. The van der Waals surface area contributed by atoms with Crippen LogP contribution in [0, 0.1) is 0 Å². The number of nitrogens with two attached hydrogens (primary N) is 1. The Balaban J connectivity index is 2.05. The highest BCUT2D eigenvalue weighted by atomic mass is 16.3. The van der Waals surface area contributed by atoms with Crippen LogP contribution in [0.15, 0.2) is 36.5 Å². The molecule has 0 atom stereocenters. The van der Waals surface area contributed by atoms with Crippen LogP contribution in [-0.2, 0) is 0 Å². The first kappa shape index (κ1) is 13.2. The third-order valence-electron chi connectivity index (χ3n) is 2.88. The van der Waals surface area contributed by atoms with Gasteiger partial charge in [-0.2, -0.15) is 0 Å². The second kappa shape index (κ2) is 5.68. The van der Waals surface area contributed by atoms with Crippen LogP contribution in [-0.4, -0.2) is 38.2 Å². The van der Waals surface area contributed by atoms with E-state index in [4.69, 9.17) is 10.8 Å². The van der Waals surface area contributed by atoms with Crippen molar-refractivity contribution in [3.8, 4) is 11.4 Å². The number of nitrogens with one attached hydrogen (secondary N) is 1. The van der Waals surface area contributed by atoms with Gasteiger partial charge in [0, 0.05) is 12.1 Å². The summed E-state index contributed by atoms with van der Waals surface area (Å²) >= 11 is 0. The topological polar surface area (TPSA) is 110 Å². The predicted molar refractivity (Wildman–Crippen MR) is 80.6 cm³/mol. The number of aliphatic hydroxyl groups is 1. The van der Waals surface area contributed by atoms with Gasteiger partial charge in [-0.3, -0.25) is 0 Å². The number of hydrogen-bond donors (Lipinski definition) is 3. The maximum atomic E-state index is 8.80. The Hall–Kier alpha value is -2.80. The van der Waals surface area contributed by atoms with Crippen molar-refractivity contribution in [1.29, 1.82) is 0 Å². The minimum absolute atomic E-state index is 0.0125. The van der Waals surface area contributed by atoms with Gasteiger partial charge < -0.3 is 16.2 Å².